The molecular weight excluding hydrogens is 474 g/mol. The fraction of sp³-hybridized carbons (Fsp3) is 0.261. The first-order chi connectivity index (χ1) is 16.6. The normalized spacial score (nSPS) is 16.9. The van der Waals surface area contributed by atoms with Crippen LogP contribution in [-0.2, 0) is 15.3 Å². The number of ether oxygens (including phenoxy) is 2. The van der Waals surface area contributed by atoms with E-state index in [4.69, 9.17) is 14.7 Å². The van der Waals surface area contributed by atoms with Crippen LogP contribution in [0.15, 0.2) is 46.8 Å². The lowest BCUT2D eigenvalue weighted by Gasteiger charge is -2.22. The molecule has 0 aliphatic carbocycles. The minimum absolute atomic E-state index is 0.118. The Bertz CT molecular complexity index is 1270. The zero-order chi connectivity index (χ0) is 23.5. The van der Waals surface area contributed by atoms with Crippen molar-refractivity contribution in [1.29, 1.82) is 5.26 Å². The second-order valence-corrected chi connectivity index (χ2v) is 9.89. The van der Waals surface area contributed by atoms with Crippen molar-refractivity contribution in [3.63, 3.8) is 0 Å². The molecule has 1 aromatic heterocycles. The van der Waals surface area contributed by atoms with E-state index in [2.05, 4.69) is 21.6 Å². The molecule has 34 heavy (non-hydrogen) atoms. The van der Waals surface area contributed by atoms with Gasteiger partial charge in [-0.3, -0.25) is 9.59 Å². The highest BCUT2D eigenvalue weighted by atomic mass is 32.2. The molecule has 1 atom stereocenters. The summed E-state index contributed by atoms with van der Waals surface area (Å²) in [7, 11) is 0. The third-order valence-corrected chi connectivity index (χ3v) is 7.46. The summed E-state index contributed by atoms with van der Waals surface area (Å²) in [6.45, 7) is 1.24. The standard InChI is InChI=1S/C23H19N5O4S2/c24-11-14-1-3-15(4-2-14)13-33-23-27-26-22(34-23)25-21(30)16-9-20(29)28(12-16)17-5-6-18-19(10-17)32-8-7-31-18/h1-6,10,16H,7-9,12-13H2,(H,25,26,30)/t16-/m1/s1. The molecule has 1 saturated heterocycles. The van der Waals surface area contributed by atoms with E-state index in [1.54, 1.807) is 35.2 Å². The second kappa shape index (κ2) is 9.70. The maximum Gasteiger partial charge on any atom is 0.231 e. The van der Waals surface area contributed by atoms with E-state index in [9.17, 15) is 9.59 Å². The summed E-state index contributed by atoms with van der Waals surface area (Å²) in [5.74, 6) is 1.07. The van der Waals surface area contributed by atoms with Gasteiger partial charge in [0.2, 0.25) is 16.9 Å². The Kier molecular flexibility index (Phi) is 6.33. The highest BCUT2D eigenvalue weighted by Gasteiger charge is 2.36. The van der Waals surface area contributed by atoms with Crippen molar-refractivity contribution in [2.24, 2.45) is 5.92 Å². The Hall–Kier alpha value is -3.62. The van der Waals surface area contributed by atoms with E-state index in [0.717, 1.165) is 9.90 Å². The fourth-order valence-electron chi connectivity index (χ4n) is 3.68. The Balaban J connectivity index is 1.17. The number of aromatic nitrogens is 2. The molecule has 11 heteroatoms. The maximum absolute atomic E-state index is 12.8. The summed E-state index contributed by atoms with van der Waals surface area (Å²) in [5, 5.41) is 20.3. The largest absolute Gasteiger partial charge is 0.486 e. The van der Waals surface area contributed by atoms with Gasteiger partial charge in [-0.25, -0.2) is 0 Å². The van der Waals surface area contributed by atoms with Gasteiger partial charge in [0.25, 0.3) is 0 Å². The van der Waals surface area contributed by atoms with Gasteiger partial charge in [0.1, 0.15) is 13.2 Å². The van der Waals surface area contributed by atoms with Crippen molar-refractivity contribution < 1.29 is 19.1 Å². The van der Waals surface area contributed by atoms with E-state index >= 15 is 0 Å². The molecule has 3 aromatic rings. The topological polar surface area (TPSA) is 117 Å². The third-order valence-electron chi connectivity index (χ3n) is 5.42. The molecule has 172 valence electrons. The number of carbonyl (C=O) groups is 2. The molecule has 1 fully saturated rings. The van der Waals surface area contributed by atoms with Crippen LogP contribution >= 0.6 is 23.1 Å². The minimum Gasteiger partial charge on any atom is -0.486 e. The van der Waals surface area contributed by atoms with Crippen molar-refractivity contribution in [1.82, 2.24) is 10.2 Å². The lowest BCUT2D eigenvalue weighted by molar-refractivity contribution is -0.122. The van der Waals surface area contributed by atoms with E-state index in [1.165, 1.54) is 23.1 Å². The van der Waals surface area contributed by atoms with E-state index in [-0.39, 0.29) is 24.8 Å². The molecule has 0 bridgehead atoms. The van der Waals surface area contributed by atoms with Gasteiger partial charge in [-0.2, -0.15) is 5.26 Å². The quantitative estimate of drug-likeness (QED) is 0.410. The van der Waals surface area contributed by atoms with Crippen LogP contribution in [0.25, 0.3) is 0 Å². The zero-order valence-electron chi connectivity index (χ0n) is 17.9. The molecular formula is C23H19N5O4S2. The average Bonchev–Trinajstić information content (AvgIpc) is 3.49. The van der Waals surface area contributed by atoms with Crippen LogP contribution < -0.4 is 19.7 Å². The van der Waals surface area contributed by atoms with Crippen LogP contribution in [0.4, 0.5) is 10.8 Å². The summed E-state index contributed by atoms with van der Waals surface area (Å²) >= 11 is 2.79. The molecule has 1 N–H and O–H groups in total. The number of thioether (sulfide) groups is 1. The summed E-state index contributed by atoms with van der Waals surface area (Å²) in [6.07, 6.45) is 0.124. The molecule has 2 aliphatic rings. The summed E-state index contributed by atoms with van der Waals surface area (Å²) in [5.41, 5.74) is 2.36. The molecule has 0 radical (unpaired) electrons. The Labute approximate surface area is 203 Å². The number of nitrogens with one attached hydrogen (secondary N) is 1. The van der Waals surface area contributed by atoms with E-state index in [0.29, 0.717) is 46.8 Å². The van der Waals surface area contributed by atoms with E-state index < -0.39 is 5.92 Å². The van der Waals surface area contributed by atoms with Crippen molar-refractivity contribution in [2.75, 3.05) is 30.0 Å². The van der Waals surface area contributed by atoms with Gasteiger partial charge < -0.3 is 19.7 Å². The highest BCUT2D eigenvalue weighted by molar-refractivity contribution is 8.00. The molecule has 9 nitrogen and oxygen atoms in total. The Morgan fingerprint density at radius 2 is 1.97 bits per heavy atom. The van der Waals surface area contributed by atoms with Crippen LogP contribution in [-0.4, -0.2) is 41.8 Å². The summed E-state index contributed by atoms with van der Waals surface area (Å²) < 4.78 is 11.9. The van der Waals surface area contributed by atoms with Gasteiger partial charge in [-0.15, -0.1) is 10.2 Å². The number of rotatable bonds is 6. The number of carbonyl (C=O) groups excluding carboxylic acids is 2. The van der Waals surface area contributed by atoms with Crippen LogP contribution in [0, 0.1) is 17.2 Å². The van der Waals surface area contributed by atoms with Gasteiger partial charge in [0.15, 0.2) is 15.8 Å². The number of hydrogen-bond acceptors (Lipinski definition) is 9. The lowest BCUT2D eigenvalue weighted by Crippen LogP contribution is -2.28. The van der Waals surface area contributed by atoms with Crippen molar-refractivity contribution in [3.8, 4) is 17.6 Å². The molecule has 0 saturated carbocycles. The van der Waals surface area contributed by atoms with Gasteiger partial charge in [0.05, 0.1) is 17.6 Å². The fourth-order valence-corrected chi connectivity index (χ4v) is 5.39. The minimum atomic E-state index is -0.487. The van der Waals surface area contributed by atoms with Gasteiger partial charge in [0, 0.05) is 30.5 Å². The number of benzene rings is 2. The average molecular weight is 494 g/mol. The third kappa shape index (κ3) is 4.83. The van der Waals surface area contributed by atoms with Crippen LogP contribution in [0.5, 0.6) is 11.5 Å². The SMILES string of the molecule is N#Cc1ccc(CSc2nnc(NC(=O)[C@@H]3CC(=O)N(c4ccc5c(c4)OCCO5)C3)s2)cc1. The zero-order valence-corrected chi connectivity index (χ0v) is 19.5. The molecule has 2 aliphatic heterocycles. The Morgan fingerprint density at radius 3 is 2.76 bits per heavy atom. The number of nitriles is 1. The first-order valence-electron chi connectivity index (χ1n) is 10.6. The number of anilines is 2. The summed E-state index contributed by atoms with van der Waals surface area (Å²) in [4.78, 5) is 27.0. The molecule has 2 amide bonds. The number of nitrogens with zero attached hydrogens (tertiary/aromatic N) is 4. The molecule has 0 spiro atoms. The number of hydrogen-bond donors (Lipinski definition) is 1. The van der Waals surface area contributed by atoms with Gasteiger partial charge in [-0.1, -0.05) is 35.2 Å². The van der Waals surface area contributed by atoms with Gasteiger partial charge >= 0.3 is 0 Å². The van der Waals surface area contributed by atoms with Gasteiger partial charge in [-0.05, 0) is 29.8 Å². The van der Waals surface area contributed by atoms with Crippen LogP contribution in [0.3, 0.4) is 0 Å². The molecule has 3 heterocycles. The summed E-state index contributed by atoms with van der Waals surface area (Å²) in [6, 6.07) is 14.8. The Morgan fingerprint density at radius 1 is 1.18 bits per heavy atom. The number of amides is 2. The van der Waals surface area contributed by atoms with E-state index in [1.807, 2.05) is 12.1 Å². The first-order valence-corrected chi connectivity index (χ1v) is 12.4. The van der Waals surface area contributed by atoms with Crippen molar-refractivity contribution in [2.45, 2.75) is 16.5 Å². The molecule has 0 unspecified atom stereocenters. The highest BCUT2D eigenvalue weighted by Crippen LogP contribution is 2.36. The lowest BCUT2D eigenvalue weighted by atomic mass is 10.1. The maximum atomic E-state index is 12.8. The monoisotopic (exact) mass is 493 g/mol. The van der Waals surface area contributed by atoms with Crippen molar-refractivity contribution >= 4 is 45.7 Å². The van der Waals surface area contributed by atoms with Crippen molar-refractivity contribution in [3.05, 3.63) is 53.6 Å². The predicted molar refractivity (Wildman–Crippen MR) is 127 cm³/mol. The molecule has 5 rings (SSSR count). The predicted octanol–water partition coefficient (Wildman–Crippen LogP) is 3.46. The molecule has 2 aromatic carbocycles. The number of fused-ring (bicyclic) bond motifs is 1. The van der Waals surface area contributed by atoms with Crippen LogP contribution in [0.1, 0.15) is 17.5 Å². The smallest absolute Gasteiger partial charge is 0.231 e. The second-order valence-electron chi connectivity index (χ2n) is 7.69. The van der Waals surface area contributed by atoms with Crippen LogP contribution in [0.2, 0.25) is 0 Å². The first kappa shape index (κ1) is 22.2.